The van der Waals surface area contributed by atoms with Crippen LogP contribution in [0.4, 0.5) is 0 Å². The molecule has 2 aliphatic rings. The van der Waals surface area contributed by atoms with Crippen molar-refractivity contribution in [1.82, 2.24) is 0 Å². The molecule has 0 fully saturated rings. The third kappa shape index (κ3) is 1.51. The molecular formula is C9H9ClO2S. The van der Waals surface area contributed by atoms with E-state index in [9.17, 15) is 9.90 Å². The van der Waals surface area contributed by atoms with Crippen LogP contribution in [0.5, 0.6) is 0 Å². The lowest BCUT2D eigenvalue weighted by Crippen LogP contribution is -2.16. The molecule has 0 aromatic carbocycles. The molecule has 70 valence electrons. The number of Topliss-reactive ketones (excluding diaryl/α,β-unsaturated/α-hetero) is 1. The van der Waals surface area contributed by atoms with Crippen LogP contribution in [0.2, 0.25) is 0 Å². The van der Waals surface area contributed by atoms with Gasteiger partial charge in [-0.25, -0.2) is 0 Å². The number of rotatable bonds is 0. The zero-order chi connectivity index (χ0) is 9.42. The Morgan fingerprint density at radius 3 is 2.77 bits per heavy atom. The van der Waals surface area contributed by atoms with Crippen LogP contribution in [0.25, 0.3) is 0 Å². The Kier molecular flexibility index (Phi) is 2.39. The van der Waals surface area contributed by atoms with Gasteiger partial charge in [0, 0.05) is 28.5 Å². The van der Waals surface area contributed by atoms with Crippen LogP contribution < -0.4 is 0 Å². The Hall–Kier alpha value is -0.410. The molecule has 0 aromatic rings. The highest BCUT2D eigenvalue weighted by molar-refractivity contribution is 8.03. The van der Waals surface area contributed by atoms with Crippen molar-refractivity contribution in [1.29, 1.82) is 0 Å². The molecule has 1 aliphatic carbocycles. The molecule has 1 heterocycles. The Morgan fingerprint density at radius 2 is 2.08 bits per heavy atom. The minimum Gasteiger partial charge on any atom is -0.511 e. The molecule has 13 heavy (non-hydrogen) atoms. The highest BCUT2D eigenvalue weighted by Crippen LogP contribution is 2.42. The molecule has 0 atom stereocenters. The van der Waals surface area contributed by atoms with Gasteiger partial charge >= 0.3 is 0 Å². The van der Waals surface area contributed by atoms with Crippen molar-refractivity contribution < 1.29 is 9.90 Å². The van der Waals surface area contributed by atoms with Crippen LogP contribution in [0.3, 0.4) is 0 Å². The van der Waals surface area contributed by atoms with E-state index < -0.39 is 0 Å². The van der Waals surface area contributed by atoms with Gasteiger partial charge < -0.3 is 5.11 Å². The Labute approximate surface area is 85.7 Å². The van der Waals surface area contributed by atoms with Crippen molar-refractivity contribution in [2.75, 3.05) is 5.75 Å². The Morgan fingerprint density at radius 1 is 1.31 bits per heavy atom. The van der Waals surface area contributed by atoms with Crippen molar-refractivity contribution in [3.05, 3.63) is 21.3 Å². The summed E-state index contributed by atoms with van der Waals surface area (Å²) < 4.78 is 0. The molecular weight excluding hydrogens is 208 g/mol. The summed E-state index contributed by atoms with van der Waals surface area (Å²) >= 11 is 7.55. The Balaban J connectivity index is 2.54. The number of halogens is 1. The van der Waals surface area contributed by atoms with E-state index in [2.05, 4.69) is 0 Å². The van der Waals surface area contributed by atoms with Crippen LogP contribution in [0.15, 0.2) is 21.3 Å². The van der Waals surface area contributed by atoms with Crippen molar-refractivity contribution in [2.45, 2.75) is 19.3 Å². The molecule has 0 aromatic heterocycles. The van der Waals surface area contributed by atoms with E-state index in [-0.39, 0.29) is 11.5 Å². The van der Waals surface area contributed by atoms with Gasteiger partial charge in [0.1, 0.15) is 5.76 Å². The first kappa shape index (κ1) is 9.16. The lowest BCUT2D eigenvalue weighted by atomic mass is 9.97. The number of carbonyl (C=O) groups is 1. The third-order valence-electron chi connectivity index (χ3n) is 2.20. The quantitative estimate of drug-likeness (QED) is 0.677. The van der Waals surface area contributed by atoms with Crippen molar-refractivity contribution >= 4 is 29.1 Å². The smallest absolute Gasteiger partial charge is 0.167 e. The maximum atomic E-state index is 11.5. The van der Waals surface area contributed by atoms with Crippen molar-refractivity contribution in [3.8, 4) is 0 Å². The number of hydrogen-bond donors (Lipinski definition) is 1. The SMILES string of the molecule is O=C1CCC(Cl)=C2SCCC(O)=C12. The van der Waals surface area contributed by atoms with E-state index in [1.807, 2.05) is 0 Å². The number of fused-ring (bicyclic) bond motifs is 1. The first-order valence-electron chi connectivity index (χ1n) is 4.17. The van der Waals surface area contributed by atoms with Gasteiger partial charge in [-0.1, -0.05) is 11.6 Å². The van der Waals surface area contributed by atoms with Gasteiger partial charge in [-0.15, -0.1) is 11.8 Å². The van der Waals surface area contributed by atoms with Gasteiger partial charge in [0.25, 0.3) is 0 Å². The molecule has 0 bridgehead atoms. The first-order valence-corrected chi connectivity index (χ1v) is 5.53. The van der Waals surface area contributed by atoms with E-state index in [0.29, 0.717) is 24.8 Å². The van der Waals surface area contributed by atoms with E-state index in [1.54, 1.807) is 11.8 Å². The molecule has 0 amide bonds. The number of hydrogen-bond acceptors (Lipinski definition) is 3. The fourth-order valence-corrected chi connectivity index (χ4v) is 3.03. The van der Waals surface area contributed by atoms with E-state index >= 15 is 0 Å². The van der Waals surface area contributed by atoms with Gasteiger partial charge in [0.2, 0.25) is 0 Å². The number of ketones is 1. The lowest BCUT2D eigenvalue weighted by Gasteiger charge is -2.23. The molecule has 0 saturated heterocycles. The largest absolute Gasteiger partial charge is 0.511 e. The second-order valence-corrected chi connectivity index (χ2v) is 4.64. The summed E-state index contributed by atoms with van der Waals surface area (Å²) in [6, 6.07) is 0. The van der Waals surface area contributed by atoms with Crippen LogP contribution in [-0.2, 0) is 4.79 Å². The lowest BCUT2D eigenvalue weighted by molar-refractivity contribution is -0.115. The summed E-state index contributed by atoms with van der Waals surface area (Å²) in [5.74, 6) is 1.06. The number of aliphatic hydroxyl groups is 1. The molecule has 1 aliphatic heterocycles. The Bertz CT molecular complexity index is 331. The molecule has 4 heteroatoms. The minimum atomic E-state index is 0.0316. The summed E-state index contributed by atoms with van der Waals surface area (Å²) in [4.78, 5) is 12.3. The second kappa shape index (κ2) is 3.39. The number of thioether (sulfide) groups is 1. The predicted molar refractivity (Wildman–Crippen MR) is 53.8 cm³/mol. The van der Waals surface area contributed by atoms with Gasteiger partial charge in [0.05, 0.1) is 5.57 Å². The zero-order valence-electron chi connectivity index (χ0n) is 6.97. The highest BCUT2D eigenvalue weighted by Gasteiger charge is 2.29. The standard InChI is InChI=1S/C9H9ClO2S/c10-5-1-2-6(11)8-7(12)3-4-13-9(5)8/h12H,1-4H2. The maximum absolute atomic E-state index is 11.5. The third-order valence-corrected chi connectivity index (χ3v) is 3.84. The van der Waals surface area contributed by atoms with E-state index in [1.165, 1.54) is 0 Å². The topological polar surface area (TPSA) is 37.3 Å². The van der Waals surface area contributed by atoms with Gasteiger partial charge in [-0.3, -0.25) is 4.79 Å². The fourth-order valence-electron chi connectivity index (χ4n) is 1.54. The molecule has 2 nitrogen and oxygen atoms in total. The maximum Gasteiger partial charge on any atom is 0.167 e. The van der Waals surface area contributed by atoms with Crippen LogP contribution >= 0.6 is 23.4 Å². The van der Waals surface area contributed by atoms with Gasteiger partial charge in [0.15, 0.2) is 5.78 Å². The zero-order valence-corrected chi connectivity index (χ0v) is 8.54. The molecule has 0 radical (unpaired) electrons. The predicted octanol–water partition coefficient (Wildman–Crippen LogP) is 2.75. The summed E-state index contributed by atoms with van der Waals surface area (Å²) in [7, 11) is 0. The minimum absolute atomic E-state index is 0.0316. The van der Waals surface area contributed by atoms with E-state index in [4.69, 9.17) is 11.6 Å². The highest BCUT2D eigenvalue weighted by atomic mass is 35.5. The van der Waals surface area contributed by atoms with Crippen molar-refractivity contribution in [2.24, 2.45) is 0 Å². The van der Waals surface area contributed by atoms with Gasteiger partial charge in [-0.2, -0.15) is 0 Å². The molecule has 0 spiro atoms. The summed E-state index contributed by atoms with van der Waals surface area (Å²) in [6.45, 7) is 0. The number of aliphatic hydroxyl groups excluding tert-OH is 1. The number of allylic oxidation sites excluding steroid dienone is 3. The van der Waals surface area contributed by atoms with Crippen LogP contribution in [0, 0.1) is 0 Å². The van der Waals surface area contributed by atoms with E-state index in [0.717, 1.165) is 15.7 Å². The molecule has 2 rings (SSSR count). The summed E-state index contributed by atoms with van der Waals surface area (Å²) in [6.07, 6.45) is 1.64. The van der Waals surface area contributed by atoms with Crippen LogP contribution in [-0.4, -0.2) is 16.6 Å². The van der Waals surface area contributed by atoms with Crippen LogP contribution in [0.1, 0.15) is 19.3 Å². The monoisotopic (exact) mass is 216 g/mol. The average molecular weight is 217 g/mol. The number of carbonyl (C=O) groups excluding carboxylic acids is 1. The summed E-state index contributed by atoms with van der Waals surface area (Å²) in [5.41, 5.74) is 0.479. The first-order chi connectivity index (χ1) is 6.20. The normalized spacial score (nSPS) is 23.6. The molecule has 1 N–H and O–H groups in total. The molecule has 0 saturated carbocycles. The second-order valence-electron chi connectivity index (χ2n) is 3.08. The van der Waals surface area contributed by atoms with Gasteiger partial charge in [-0.05, 0) is 6.42 Å². The average Bonchev–Trinajstić information content (AvgIpc) is 2.12. The molecule has 0 unspecified atom stereocenters. The van der Waals surface area contributed by atoms with Crippen molar-refractivity contribution in [3.63, 3.8) is 0 Å². The fraction of sp³-hybridized carbons (Fsp3) is 0.444. The summed E-state index contributed by atoms with van der Waals surface area (Å²) in [5, 5.41) is 10.3.